The second-order valence-corrected chi connectivity index (χ2v) is 7.67. The van der Waals surface area contributed by atoms with Gasteiger partial charge in [0, 0.05) is 43.2 Å². The molecule has 0 aliphatic carbocycles. The minimum atomic E-state index is -0.0988. The minimum absolute atomic E-state index is 0.0547. The van der Waals surface area contributed by atoms with Gasteiger partial charge in [-0.1, -0.05) is 49.4 Å². The van der Waals surface area contributed by atoms with Crippen molar-refractivity contribution >= 4 is 17.5 Å². The van der Waals surface area contributed by atoms with Crippen LogP contribution in [0.15, 0.2) is 60.9 Å². The average Bonchev–Trinajstić information content (AvgIpc) is 3.33. The Labute approximate surface area is 176 Å². The number of amides is 2. The van der Waals surface area contributed by atoms with Gasteiger partial charge in [0.15, 0.2) is 0 Å². The molecule has 0 saturated carbocycles. The van der Waals surface area contributed by atoms with Crippen molar-refractivity contribution in [1.82, 2.24) is 14.5 Å². The SMILES string of the molecule is CCCN1C[C@H](n2cnc(-c3ccccc3)c2-c2ccc(NC(C)=O)cc2)CC1=O. The van der Waals surface area contributed by atoms with Crippen molar-refractivity contribution in [3.05, 3.63) is 60.9 Å². The Morgan fingerprint density at radius 3 is 2.50 bits per heavy atom. The number of likely N-dealkylation sites (tertiary alicyclic amines) is 1. The Kier molecular flexibility index (Phi) is 5.65. The lowest BCUT2D eigenvalue weighted by molar-refractivity contribution is -0.127. The van der Waals surface area contributed by atoms with Gasteiger partial charge in [0.05, 0.1) is 23.8 Å². The molecule has 6 nitrogen and oxygen atoms in total. The molecule has 0 unspecified atom stereocenters. The molecule has 2 amide bonds. The van der Waals surface area contributed by atoms with E-state index in [9.17, 15) is 9.59 Å². The van der Waals surface area contributed by atoms with Gasteiger partial charge in [-0.05, 0) is 18.6 Å². The van der Waals surface area contributed by atoms with Gasteiger partial charge in [-0.25, -0.2) is 4.98 Å². The second kappa shape index (κ2) is 8.53. The molecule has 1 fully saturated rings. The third-order valence-electron chi connectivity index (χ3n) is 5.40. The fourth-order valence-corrected chi connectivity index (χ4v) is 4.07. The number of carbonyl (C=O) groups excluding carboxylic acids is 2. The number of rotatable bonds is 6. The maximum absolute atomic E-state index is 12.5. The van der Waals surface area contributed by atoms with Crippen molar-refractivity contribution in [1.29, 1.82) is 0 Å². The van der Waals surface area contributed by atoms with Crippen LogP contribution in [0.25, 0.3) is 22.5 Å². The molecule has 1 atom stereocenters. The third kappa shape index (κ3) is 3.99. The van der Waals surface area contributed by atoms with Crippen LogP contribution in [0, 0.1) is 0 Å². The van der Waals surface area contributed by atoms with E-state index in [1.54, 1.807) is 0 Å². The highest BCUT2D eigenvalue weighted by Gasteiger charge is 2.32. The molecule has 2 heterocycles. The molecular formula is C24H26N4O2. The number of imidazole rings is 1. The van der Waals surface area contributed by atoms with Gasteiger partial charge in [0.1, 0.15) is 0 Å². The van der Waals surface area contributed by atoms with E-state index in [2.05, 4.69) is 16.8 Å². The Bertz CT molecular complexity index is 1040. The molecule has 2 aromatic carbocycles. The van der Waals surface area contributed by atoms with Crippen LogP contribution in [0.3, 0.4) is 0 Å². The van der Waals surface area contributed by atoms with Crippen molar-refractivity contribution in [2.45, 2.75) is 32.7 Å². The number of nitrogens with zero attached hydrogens (tertiary/aromatic N) is 3. The quantitative estimate of drug-likeness (QED) is 0.666. The van der Waals surface area contributed by atoms with Crippen molar-refractivity contribution in [3.63, 3.8) is 0 Å². The molecule has 6 heteroatoms. The van der Waals surface area contributed by atoms with Gasteiger partial charge < -0.3 is 14.8 Å². The first kappa shape index (κ1) is 19.9. The van der Waals surface area contributed by atoms with Crippen molar-refractivity contribution in [2.24, 2.45) is 0 Å². The monoisotopic (exact) mass is 402 g/mol. The largest absolute Gasteiger partial charge is 0.341 e. The maximum atomic E-state index is 12.5. The number of benzene rings is 2. The standard InChI is InChI=1S/C24H26N4O2/c1-3-13-27-15-21(14-22(27)30)28-16-25-23(18-7-5-4-6-8-18)24(28)19-9-11-20(12-10-19)26-17(2)29/h4-12,16,21H,3,13-15H2,1-2H3,(H,26,29)/t21-/m1/s1. The molecule has 0 bridgehead atoms. The van der Waals surface area contributed by atoms with Gasteiger partial charge in [0.25, 0.3) is 0 Å². The van der Waals surface area contributed by atoms with Gasteiger partial charge in [-0.15, -0.1) is 0 Å². The summed E-state index contributed by atoms with van der Waals surface area (Å²) in [4.78, 5) is 30.5. The summed E-state index contributed by atoms with van der Waals surface area (Å²) in [7, 11) is 0. The molecule has 30 heavy (non-hydrogen) atoms. The van der Waals surface area contributed by atoms with Gasteiger partial charge in [-0.3, -0.25) is 9.59 Å². The minimum Gasteiger partial charge on any atom is -0.341 e. The van der Waals surface area contributed by atoms with E-state index >= 15 is 0 Å². The number of anilines is 1. The van der Waals surface area contributed by atoms with E-state index in [4.69, 9.17) is 4.98 Å². The molecule has 1 N–H and O–H groups in total. The summed E-state index contributed by atoms with van der Waals surface area (Å²) in [6.07, 6.45) is 3.30. The predicted molar refractivity (Wildman–Crippen MR) is 118 cm³/mol. The Morgan fingerprint density at radius 2 is 1.83 bits per heavy atom. The molecule has 1 aliphatic rings. The van der Waals surface area contributed by atoms with Crippen LogP contribution < -0.4 is 5.32 Å². The summed E-state index contributed by atoms with van der Waals surface area (Å²) in [5.41, 5.74) is 4.67. The van der Waals surface area contributed by atoms with E-state index in [0.717, 1.165) is 41.2 Å². The summed E-state index contributed by atoms with van der Waals surface area (Å²) >= 11 is 0. The van der Waals surface area contributed by atoms with Crippen LogP contribution in [-0.2, 0) is 9.59 Å². The summed E-state index contributed by atoms with van der Waals surface area (Å²) < 4.78 is 2.14. The predicted octanol–water partition coefficient (Wildman–Crippen LogP) is 4.36. The molecule has 0 radical (unpaired) electrons. The molecule has 1 aliphatic heterocycles. The molecule has 1 saturated heterocycles. The lowest BCUT2D eigenvalue weighted by Gasteiger charge is -2.18. The smallest absolute Gasteiger partial charge is 0.224 e. The fraction of sp³-hybridized carbons (Fsp3) is 0.292. The van der Waals surface area contributed by atoms with Crippen LogP contribution in [0.2, 0.25) is 0 Å². The number of carbonyl (C=O) groups is 2. The first-order valence-corrected chi connectivity index (χ1v) is 10.3. The molecule has 3 aromatic rings. The Balaban J connectivity index is 1.76. The number of hydrogen-bond acceptors (Lipinski definition) is 3. The van der Waals surface area contributed by atoms with E-state index < -0.39 is 0 Å². The summed E-state index contributed by atoms with van der Waals surface area (Å²) in [5, 5.41) is 2.81. The Morgan fingerprint density at radius 1 is 1.10 bits per heavy atom. The van der Waals surface area contributed by atoms with Crippen molar-refractivity contribution < 1.29 is 9.59 Å². The zero-order valence-electron chi connectivity index (χ0n) is 17.3. The van der Waals surface area contributed by atoms with E-state index in [1.807, 2.05) is 65.8 Å². The van der Waals surface area contributed by atoms with Crippen LogP contribution in [0.1, 0.15) is 32.7 Å². The van der Waals surface area contributed by atoms with E-state index in [1.165, 1.54) is 6.92 Å². The van der Waals surface area contributed by atoms with Crippen LogP contribution in [0.5, 0.6) is 0 Å². The molecule has 1 aromatic heterocycles. The summed E-state index contributed by atoms with van der Waals surface area (Å²) in [5.74, 6) is 0.0991. The zero-order chi connectivity index (χ0) is 21.1. The highest BCUT2D eigenvalue weighted by molar-refractivity contribution is 5.89. The number of aromatic nitrogens is 2. The van der Waals surface area contributed by atoms with Gasteiger partial charge in [-0.2, -0.15) is 0 Å². The van der Waals surface area contributed by atoms with Crippen molar-refractivity contribution in [3.8, 4) is 22.5 Å². The summed E-state index contributed by atoms with van der Waals surface area (Å²) in [6, 6.07) is 17.9. The zero-order valence-corrected chi connectivity index (χ0v) is 17.3. The number of hydrogen-bond donors (Lipinski definition) is 1. The van der Waals surface area contributed by atoms with E-state index in [0.29, 0.717) is 13.0 Å². The van der Waals surface area contributed by atoms with E-state index in [-0.39, 0.29) is 17.9 Å². The molecule has 4 rings (SSSR count). The van der Waals surface area contributed by atoms with Crippen molar-refractivity contribution in [2.75, 3.05) is 18.4 Å². The first-order valence-electron chi connectivity index (χ1n) is 10.3. The van der Waals surface area contributed by atoms with Gasteiger partial charge >= 0.3 is 0 Å². The van der Waals surface area contributed by atoms with Crippen LogP contribution >= 0.6 is 0 Å². The molecular weight excluding hydrogens is 376 g/mol. The maximum Gasteiger partial charge on any atom is 0.224 e. The first-order chi connectivity index (χ1) is 14.6. The normalized spacial score (nSPS) is 16.1. The lowest BCUT2D eigenvalue weighted by atomic mass is 10.0. The average molecular weight is 402 g/mol. The number of nitrogens with one attached hydrogen (secondary N) is 1. The third-order valence-corrected chi connectivity index (χ3v) is 5.40. The second-order valence-electron chi connectivity index (χ2n) is 7.67. The van der Waals surface area contributed by atoms with Crippen LogP contribution in [-0.4, -0.2) is 39.4 Å². The highest BCUT2D eigenvalue weighted by atomic mass is 16.2. The fourth-order valence-electron chi connectivity index (χ4n) is 4.07. The highest BCUT2D eigenvalue weighted by Crippen LogP contribution is 2.36. The molecule has 0 spiro atoms. The van der Waals surface area contributed by atoms with Gasteiger partial charge in [0.2, 0.25) is 11.8 Å². The molecule has 154 valence electrons. The topological polar surface area (TPSA) is 67.2 Å². The van der Waals surface area contributed by atoms with Crippen LogP contribution in [0.4, 0.5) is 5.69 Å². The summed E-state index contributed by atoms with van der Waals surface area (Å²) in [6.45, 7) is 5.08. The lowest BCUT2D eigenvalue weighted by Crippen LogP contribution is -2.26. The Hall–Kier alpha value is -3.41.